The maximum absolute atomic E-state index is 12.7. The van der Waals surface area contributed by atoms with E-state index in [1.54, 1.807) is 13.0 Å². The number of nitrogens with zero attached hydrogens (tertiary/aromatic N) is 1. The maximum atomic E-state index is 12.7. The van der Waals surface area contributed by atoms with E-state index >= 15 is 0 Å². The van der Waals surface area contributed by atoms with Crippen LogP contribution in [0.25, 0.3) is 11.0 Å². The van der Waals surface area contributed by atoms with Gasteiger partial charge in [0.15, 0.2) is 0 Å². The van der Waals surface area contributed by atoms with Gasteiger partial charge < -0.3 is 9.15 Å². The lowest BCUT2D eigenvalue weighted by atomic mass is 10.1. The molecule has 28 heavy (non-hydrogen) atoms. The first-order chi connectivity index (χ1) is 13.1. The molecule has 0 unspecified atom stereocenters. The molecule has 0 spiro atoms. The fraction of sp³-hybridized carbons (Fsp3) is 0.250. The van der Waals surface area contributed by atoms with Gasteiger partial charge in [0.05, 0.1) is 11.3 Å². The number of carbonyl (C=O) groups is 1. The van der Waals surface area contributed by atoms with E-state index in [2.05, 4.69) is 4.98 Å². The Bertz CT molecular complexity index is 1130. The van der Waals surface area contributed by atoms with Crippen LogP contribution in [0.1, 0.15) is 39.8 Å². The summed E-state index contributed by atoms with van der Waals surface area (Å²) < 4.78 is 48.8. The lowest BCUT2D eigenvalue weighted by molar-refractivity contribution is -0.141. The number of benzene rings is 1. The molecule has 8 heteroatoms. The molecule has 0 atom stereocenters. The van der Waals surface area contributed by atoms with Crippen LogP contribution in [0.4, 0.5) is 13.2 Å². The molecule has 0 saturated carbocycles. The van der Waals surface area contributed by atoms with Gasteiger partial charge in [-0.1, -0.05) is 6.92 Å². The van der Waals surface area contributed by atoms with Gasteiger partial charge >= 0.3 is 17.8 Å². The number of fused-ring (bicyclic) bond motifs is 1. The first-order valence-electron chi connectivity index (χ1n) is 8.44. The highest BCUT2D eigenvalue weighted by atomic mass is 19.4. The summed E-state index contributed by atoms with van der Waals surface area (Å²) in [6.07, 6.45) is -4.07. The number of halogens is 3. The Morgan fingerprint density at radius 2 is 1.89 bits per heavy atom. The Morgan fingerprint density at radius 3 is 2.50 bits per heavy atom. The molecule has 0 saturated heterocycles. The molecule has 0 radical (unpaired) electrons. The number of aryl methyl sites for hydroxylation is 3. The van der Waals surface area contributed by atoms with Crippen LogP contribution in [0.5, 0.6) is 5.75 Å². The minimum absolute atomic E-state index is 0.0826. The molecule has 0 bridgehead atoms. The summed E-state index contributed by atoms with van der Waals surface area (Å²) in [6, 6.07) is 6.32. The zero-order valence-electron chi connectivity index (χ0n) is 15.3. The van der Waals surface area contributed by atoms with E-state index in [4.69, 9.17) is 9.15 Å². The molecular formula is C20H16F3NO4. The molecule has 5 nitrogen and oxygen atoms in total. The topological polar surface area (TPSA) is 69.4 Å². The van der Waals surface area contributed by atoms with Crippen LogP contribution in [0.15, 0.2) is 39.5 Å². The summed E-state index contributed by atoms with van der Waals surface area (Å²) in [5, 5.41) is 0.712. The second-order valence-corrected chi connectivity index (χ2v) is 6.27. The van der Waals surface area contributed by atoms with Crippen molar-refractivity contribution in [2.75, 3.05) is 0 Å². The number of esters is 1. The van der Waals surface area contributed by atoms with Gasteiger partial charge in [0.1, 0.15) is 17.0 Å². The van der Waals surface area contributed by atoms with E-state index in [0.717, 1.165) is 17.7 Å². The monoisotopic (exact) mass is 391 g/mol. The first kappa shape index (κ1) is 19.6. The fourth-order valence-electron chi connectivity index (χ4n) is 2.85. The first-order valence-corrected chi connectivity index (χ1v) is 8.44. The highest BCUT2D eigenvalue weighted by Crippen LogP contribution is 2.30. The fourth-order valence-corrected chi connectivity index (χ4v) is 2.85. The highest BCUT2D eigenvalue weighted by Gasteiger charge is 2.33. The van der Waals surface area contributed by atoms with E-state index in [-0.39, 0.29) is 22.6 Å². The molecule has 146 valence electrons. The Balaban J connectivity index is 2.00. The van der Waals surface area contributed by atoms with Gasteiger partial charge in [-0.15, -0.1) is 0 Å². The average Bonchev–Trinajstić information content (AvgIpc) is 2.60. The Morgan fingerprint density at radius 1 is 1.18 bits per heavy atom. The van der Waals surface area contributed by atoms with Crippen LogP contribution in [-0.2, 0) is 12.6 Å². The number of hydrogen-bond acceptors (Lipinski definition) is 5. The summed E-state index contributed by atoms with van der Waals surface area (Å²) in [4.78, 5) is 27.5. The highest BCUT2D eigenvalue weighted by molar-refractivity contribution is 5.93. The predicted octanol–water partition coefficient (Wildman–Crippen LogP) is 4.61. The van der Waals surface area contributed by atoms with Crippen molar-refractivity contribution in [2.24, 2.45) is 0 Å². The quantitative estimate of drug-likeness (QED) is 0.371. The van der Waals surface area contributed by atoms with Gasteiger partial charge in [-0.3, -0.25) is 0 Å². The number of alkyl halides is 3. The van der Waals surface area contributed by atoms with Crippen LogP contribution in [0.2, 0.25) is 0 Å². The lowest BCUT2D eigenvalue weighted by Gasteiger charge is -2.13. The minimum Gasteiger partial charge on any atom is -0.423 e. The van der Waals surface area contributed by atoms with Crippen molar-refractivity contribution in [2.45, 2.75) is 33.4 Å². The van der Waals surface area contributed by atoms with E-state index in [1.807, 2.05) is 6.92 Å². The van der Waals surface area contributed by atoms with Crippen LogP contribution >= 0.6 is 0 Å². The Labute approximate surface area is 157 Å². The number of carbonyl (C=O) groups excluding carboxylic acids is 1. The van der Waals surface area contributed by atoms with Crippen LogP contribution in [0, 0.1) is 13.8 Å². The molecule has 0 aliphatic rings. The molecule has 3 rings (SSSR count). The van der Waals surface area contributed by atoms with Gasteiger partial charge in [0, 0.05) is 17.5 Å². The molecule has 0 N–H and O–H groups in total. The van der Waals surface area contributed by atoms with Crippen LogP contribution in [-0.4, -0.2) is 11.0 Å². The molecule has 0 aliphatic heterocycles. The number of pyridine rings is 1. The minimum atomic E-state index is -4.60. The third-order valence-corrected chi connectivity index (χ3v) is 4.31. The van der Waals surface area contributed by atoms with Crippen LogP contribution < -0.4 is 10.4 Å². The van der Waals surface area contributed by atoms with Crippen molar-refractivity contribution in [3.63, 3.8) is 0 Å². The largest absolute Gasteiger partial charge is 0.433 e. The molecule has 2 heterocycles. The summed E-state index contributed by atoms with van der Waals surface area (Å²) in [5.41, 5.74) is -0.126. The second kappa shape index (κ2) is 7.10. The molecule has 1 aromatic carbocycles. The van der Waals surface area contributed by atoms with E-state index in [9.17, 15) is 22.8 Å². The molecule has 0 fully saturated rings. The van der Waals surface area contributed by atoms with Crippen molar-refractivity contribution in [1.29, 1.82) is 0 Å². The zero-order chi connectivity index (χ0) is 20.6. The van der Waals surface area contributed by atoms with E-state index in [1.165, 1.54) is 19.1 Å². The zero-order valence-corrected chi connectivity index (χ0v) is 15.3. The maximum Gasteiger partial charge on any atom is 0.433 e. The van der Waals surface area contributed by atoms with Crippen LogP contribution in [0.3, 0.4) is 0 Å². The molecule has 0 amide bonds. The predicted molar refractivity (Wildman–Crippen MR) is 95.5 cm³/mol. The number of aromatic nitrogens is 1. The van der Waals surface area contributed by atoms with Crippen molar-refractivity contribution in [3.05, 3.63) is 68.8 Å². The van der Waals surface area contributed by atoms with Gasteiger partial charge in [-0.05, 0) is 49.6 Å². The molecular weight excluding hydrogens is 375 g/mol. The standard InChI is InChI=1S/C20H16F3NO4/c1-4-12-8-14-10(2)7-18(25)27-16(14)9-15(12)28-19(26)13-5-6-17(20(21,22)23)24-11(13)3/h5-9H,4H2,1-3H3. The van der Waals surface area contributed by atoms with Gasteiger partial charge in [0.25, 0.3) is 0 Å². The van der Waals surface area contributed by atoms with Crippen molar-refractivity contribution in [1.82, 2.24) is 4.98 Å². The SMILES string of the molecule is CCc1cc2c(C)cc(=O)oc2cc1OC(=O)c1ccc(C(F)(F)F)nc1C. The number of ether oxygens (including phenoxy) is 1. The number of hydrogen-bond donors (Lipinski definition) is 0. The lowest BCUT2D eigenvalue weighted by Crippen LogP contribution is -2.15. The Kier molecular flexibility index (Phi) is 4.97. The van der Waals surface area contributed by atoms with Gasteiger partial charge in [0.2, 0.25) is 0 Å². The molecule has 2 aromatic heterocycles. The smallest absolute Gasteiger partial charge is 0.423 e. The Hall–Kier alpha value is -3.16. The summed E-state index contributed by atoms with van der Waals surface area (Å²) >= 11 is 0. The van der Waals surface area contributed by atoms with E-state index < -0.39 is 23.5 Å². The summed E-state index contributed by atoms with van der Waals surface area (Å²) in [5.74, 6) is -0.671. The average molecular weight is 391 g/mol. The molecule has 0 aliphatic carbocycles. The normalized spacial score (nSPS) is 11.6. The summed E-state index contributed by atoms with van der Waals surface area (Å²) in [7, 11) is 0. The van der Waals surface area contributed by atoms with Crippen molar-refractivity contribution in [3.8, 4) is 5.75 Å². The van der Waals surface area contributed by atoms with Crippen molar-refractivity contribution >= 4 is 16.9 Å². The molecule has 3 aromatic rings. The third kappa shape index (κ3) is 3.76. The van der Waals surface area contributed by atoms with Crippen molar-refractivity contribution < 1.29 is 27.1 Å². The third-order valence-electron chi connectivity index (χ3n) is 4.31. The van der Waals surface area contributed by atoms with E-state index in [0.29, 0.717) is 17.4 Å². The summed E-state index contributed by atoms with van der Waals surface area (Å²) in [6.45, 7) is 4.93. The second-order valence-electron chi connectivity index (χ2n) is 6.27. The van der Waals surface area contributed by atoms with Gasteiger partial charge in [-0.25, -0.2) is 14.6 Å². The number of rotatable bonds is 3. The van der Waals surface area contributed by atoms with Gasteiger partial charge in [-0.2, -0.15) is 13.2 Å².